The minimum atomic E-state index is -1.05. The molecular formula is C13H11BrN2O2S. The first-order valence-corrected chi connectivity index (χ1v) is 7.46. The van der Waals surface area contributed by atoms with E-state index in [1.165, 1.54) is 17.8 Å². The van der Waals surface area contributed by atoms with Crippen LogP contribution in [-0.4, -0.2) is 27.3 Å². The van der Waals surface area contributed by atoms with E-state index in [1.807, 2.05) is 31.4 Å². The number of halogens is 1. The second kappa shape index (κ2) is 5.71. The number of hydrogen-bond acceptors (Lipinski definition) is 4. The molecule has 0 aliphatic rings. The van der Waals surface area contributed by atoms with Gasteiger partial charge in [0.1, 0.15) is 5.03 Å². The van der Waals surface area contributed by atoms with Crippen LogP contribution in [0.25, 0.3) is 11.4 Å². The third kappa shape index (κ3) is 3.13. The summed E-state index contributed by atoms with van der Waals surface area (Å²) in [5, 5.41) is 9.73. The van der Waals surface area contributed by atoms with E-state index < -0.39 is 5.97 Å². The Balaban J connectivity index is 2.64. The smallest absolute Gasteiger partial charge is 0.354 e. The Bertz CT molecular complexity index is 647. The number of rotatable bonds is 3. The molecule has 1 aromatic carbocycles. The number of carbonyl (C=O) groups is 1. The Labute approximate surface area is 123 Å². The van der Waals surface area contributed by atoms with E-state index in [1.54, 1.807) is 0 Å². The number of carboxylic acids is 1. The zero-order valence-electron chi connectivity index (χ0n) is 10.3. The van der Waals surface area contributed by atoms with E-state index in [0.29, 0.717) is 10.9 Å². The highest BCUT2D eigenvalue weighted by molar-refractivity contribution is 9.10. The molecule has 1 heterocycles. The van der Waals surface area contributed by atoms with Crippen LogP contribution in [0.15, 0.2) is 33.8 Å². The van der Waals surface area contributed by atoms with Gasteiger partial charge in [0.15, 0.2) is 11.5 Å². The van der Waals surface area contributed by atoms with Crippen LogP contribution in [-0.2, 0) is 0 Å². The van der Waals surface area contributed by atoms with Crippen molar-refractivity contribution in [3.8, 4) is 11.4 Å². The summed E-state index contributed by atoms with van der Waals surface area (Å²) in [6.45, 7) is 1.94. The number of carboxylic acid groups (broad SMARTS) is 1. The van der Waals surface area contributed by atoms with Gasteiger partial charge in [-0.3, -0.25) is 0 Å². The third-order valence-electron chi connectivity index (χ3n) is 2.57. The molecule has 0 unspecified atom stereocenters. The maximum atomic E-state index is 11.1. The number of hydrogen-bond donors (Lipinski definition) is 1. The molecule has 0 aliphatic heterocycles. The molecular weight excluding hydrogens is 328 g/mol. The highest BCUT2D eigenvalue weighted by atomic mass is 79.9. The molecule has 2 aromatic rings. The predicted octanol–water partition coefficient (Wildman–Crippen LogP) is 3.63. The van der Waals surface area contributed by atoms with Gasteiger partial charge in [-0.05, 0) is 30.9 Å². The van der Waals surface area contributed by atoms with Crippen molar-refractivity contribution in [1.29, 1.82) is 0 Å². The van der Waals surface area contributed by atoms with E-state index >= 15 is 0 Å². The van der Waals surface area contributed by atoms with Gasteiger partial charge in [-0.2, -0.15) is 0 Å². The van der Waals surface area contributed by atoms with Gasteiger partial charge in [0.25, 0.3) is 0 Å². The van der Waals surface area contributed by atoms with Gasteiger partial charge in [0, 0.05) is 16.1 Å². The molecule has 0 amide bonds. The maximum Gasteiger partial charge on any atom is 0.354 e. The fraction of sp³-hybridized carbons (Fsp3) is 0.154. The fourth-order valence-electron chi connectivity index (χ4n) is 1.59. The third-order valence-corrected chi connectivity index (χ3v) is 3.69. The fourth-order valence-corrected chi connectivity index (χ4v) is 2.36. The minimum Gasteiger partial charge on any atom is -0.477 e. The van der Waals surface area contributed by atoms with Crippen molar-refractivity contribution in [3.05, 3.63) is 40.0 Å². The Morgan fingerprint density at radius 2 is 2.05 bits per heavy atom. The van der Waals surface area contributed by atoms with Crippen LogP contribution in [0.2, 0.25) is 0 Å². The molecule has 1 aromatic heterocycles. The standard InChI is InChI=1S/C13H11BrN2O2S/c1-7-3-4-8(14)5-9(7)12-15-10(13(17)18)6-11(16-12)19-2/h3-6H,1-2H3,(H,17,18). The topological polar surface area (TPSA) is 63.1 Å². The zero-order chi connectivity index (χ0) is 14.0. The molecule has 1 N–H and O–H groups in total. The summed E-state index contributed by atoms with van der Waals surface area (Å²) in [4.78, 5) is 19.6. The Morgan fingerprint density at radius 1 is 1.32 bits per heavy atom. The summed E-state index contributed by atoms with van der Waals surface area (Å²) < 4.78 is 0.906. The van der Waals surface area contributed by atoms with Crippen LogP contribution in [0.4, 0.5) is 0 Å². The van der Waals surface area contributed by atoms with Crippen molar-refractivity contribution < 1.29 is 9.90 Å². The molecule has 0 atom stereocenters. The van der Waals surface area contributed by atoms with Crippen molar-refractivity contribution in [2.75, 3.05) is 6.26 Å². The first kappa shape index (κ1) is 14.0. The van der Waals surface area contributed by atoms with Gasteiger partial charge >= 0.3 is 5.97 Å². The van der Waals surface area contributed by atoms with E-state index in [4.69, 9.17) is 5.11 Å². The maximum absolute atomic E-state index is 11.1. The first-order valence-electron chi connectivity index (χ1n) is 5.44. The van der Waals surface area contributed by atoms with Crippen molar-refractivity contribution in [1.82, 2.24) is 9.97 Å². The minimum absolute atomic E-state index is 0.00808. The van der Waals surface area contributed by atoms with Crippen LogP contribution in [0.5, 0.6) is 0 Å². The molecule has 19 heavy (non-hydrogen) atoms. The summed E-state index contributed by atoms with van der Waals surface area (Å²) in [6, 6.07) is 7.23. The molecule has 2 rings (SSSR count). The molecule has 4 nitrogen and oxygen atoms in total. The molecule has 0 fully saturated rings. The molecule has 0 aliphatic carbocycles. The zero-order valence-corrected chi connectivity index (χ0v) is 12.7. The lowest BCUT2D eigenvalue weighted by molar-refractivity contribution is 0.0690. The largest absolute Gasteiger partial charge is 0.477 e. The number of nitrogens with zero attached hydrogens (tertiary/aromatic N) is 2. The van der Waals surface area contributed by atoms with Crippen molar-refractivity contribution in [3.63, 3.8) is 0 Å². The summed E-state index contributed by atoms with van der Waals surface area (Å²) in [6.07, 6.45) is 1.85. The van der Waals surface area contributed by atoms with Crippen LogP contribution in [0.1, 0.15) is 16.1 Å². The van der Waals surface area contributed by atoms with Crippen LogP contribution in [0.3, 0.4) is 0 Å². The number of benzene rings is 1. The van der Waals surface area contributed by atoms with E-state index in [2.05, 4.69) is 25.9 Å². The second-order valence-electron chi connectivity index (χ2n) is 3.88. The summed E-state index contributed by atoms with van der Waals surface area (Å²) in [5.41, 5.74) is 1.83. The van der Waals surface area contributed by atoms with Crippen molar-refractivity contribution >= 4 is 33.7 Å². The van der Waals surface area contributed by atoms with Crippen LogP contribution in [0, 0.1) is 6.92 Å². The number of aromatic carboxylic acids is 1. The van der Waals surface area contributed by atoms with E-state index in [0.717, 1.165) is 15.6 Å². The quantitative estimate of drug-likeness (QED) is 0.683. The number of aryl methyl sites for hydroxylation is 1. The highest BCUT2D eigenvalue weighted by Gasteiger charge is 2.13. The average molecular weight is 339 g/mol. The molecule has 6 heteroatoms. The van der Waals surface area contributed by atoms with Crippen molar-refractivity contribution in [2.45, 2.75) is 11.9 Å². The lowest BCUT2D eigenvalue weighted by Crippen LogP contribution is -2.04. The van der Waals surface area contributed by atoms with Crippen LogP contribution < -0.4 is 0 Å². The molecule has 0 spiro atoms. The van der Waals surface area contributed by atoms with Gasteiger partial charge in [-0.25, -0.2) is 14.8 Å². The number of thioether (sulfide) groups is 1. The lowest BCUT2D eigenvalue weighted by Gasteiger charge is -2.07. The van der Waals surface area contributed by atoms with Gasteiger partial charge in [0.2, 0.25) is 0 Å². The van der Waals surface area contributed by atoms with Gasteiger partial charge in [-0.1, -0.05) is 22.0 Å². The molecule has 98 valence electrons. The second-order valence-corrected chi connectivity index (χ2v) is 5.63. The Morgan fingerprint density at radius 3 is 2.68 bits per heavy atom. The average Bonchev–Trinajstić information content (AvgIpc) is 2.40. The molecule has 0 saturated carbocycles. The van der Waals surface area contributed by atoms with Gasteiger partial charge < -0.3 is 5.11 Å². The summed E-state index contributed by atoms with van der Waals surface area (Å²) >= 11 is 4.79. The molecule has 0 saturated heterocycles. The number of aromatic nitrogens is 2. The van der Waals surface area contributed by atoms with Gasteiger partial charge in [0.05, 0.1) is 0 Å². The first-order chi connectivity index (χ1) is 9.01. The van der Waals surface area contributed by atoms with E-state index in [9.17, 15) is 4.79 Å². The monoisotopic (exact) mass is 338 g/mol. The van der Waals surface area contributed by atoms with Crippen LogP contribution >= 0.6 is 27.7 Å². The van der Waals surface area contributed by atoms with E-state index in [-0.39, 0.29) is 5.69 Å². The predicted molar refractivity (Wildman–Crippen MR) is 78.6 cm³/mol. The summed E-state index contributed by atoms with van der Waals surface area (Å²) in [5.74, 6) is -0.616. The van der Waals surface area contributed by atoms with Gasteiger partial charge in [-0.15, -0.1) is 11.8 Å². The lowest BCUT2D eigenvalue weighted by atomic mass is 10.1. The highest BCUT2D eigenvalue weighted by Crippen LogP contribution is 2.26. The molecule has 0 radical (unpaired) electrons. The Hall–Kier alpha value is -1.40. The van der Waals surface area contributed by atoms with Crippen molar-refractivity contribution in [2.24, 2.45) is 0 Å². The normalized spacial score (nSPS) is 10.5. The SMILES string of the molecule is CSc1cc(C(=O)O)nc(-c2cc(Br)ccc2C)n1. The summed E-state index contributed by atoms with van der Waals surface area (Å²) in [7, 11) is 0. The Kier molecular flexibility index (Phi) is 4.21. The molecule has 0 bridgehead atoms.